The van der Waals surface area contributed by atoms with E-state index in [2.05, 4.69) is 15.6 Å². The summed E-state index contributed by atoms with van der Waals surface area (Å²) in [6.07, 6.45) is 1.53. The van der Waals surface area contributed by atoms with E-state index in [1.807, 2.05) is 20.8 Å². The lowest BCUT2D eigenvalue weighted by molar-refractivity contribution is -0.118. The molecule has 1 aromatic carbocycles. The first-order chi connectivity index (χ1) is 10.9. The highest BCUT2D eigenvalue weighted by atomic mass is 35.5. The number of halogens is 1. The summed E-state index contributed by atoms with van der Waals surface area (Å²) in [6.45, 7) is 5.48. The Kier molecular flexibility index (Phi) is 5.34. The van der Waals surface area contributed by atoms with Crippen molar-refractivity contribution in [3.05, 3.63) is 52.7 Å². The molecule has 0 aliphatic rings. The maximum absolute atomic E-state index is 12.1. The van der Waals surface area contributed by atoms with Crippen molar-refractivity contribution in [1.29, 1.82) is 0 Å². The maximum Gasteiger partial charge on any atom is 0.256 e. The zero-order chi connectivity index (χ0) is 17.0. The second-order valence-electron chi connectivity index (χ2n) is 5.49. The van der Waals surface area contributed by atoms with Crippen LogP contribution in [0.5, 0.6) is 0 Å². The first kappa shape index (κ1) is 17.0. The van der Waals surface area contributed by atoms with Crippen LogP contribution in [-0.4, -0.2) is 16.8 Å². The van der Waals surface area contributed by atoms with E-state index in [-0.39, 0.29) is 17.7 Å². The van der Waals surface area contributed by atoms with Crippen LogP contribution < -0.4 is 10.6 Å². The van der Waals surface area contributed by atoms with Gasteiger partial charge < -0.3 is 10.6 Å². The quantitative estimate of drug-likeness (QED) is 0.892. The minimum absolute atomic E-state index is 0.0761. The Morgan fingerprint density at radius 1 is 1.13 bits per heavy atom. The Balaban J connectivity index is 2.09. The molecule has 120 valence electrons. The molecule has 2 rings (SSSR count). The number of carbonyl (C=O) groups is 2. The van der Waals surface area contributed by atoms with Crippen molar-refractivity contribution in [3.8, 4) is 0 Å². The molecule has 2 N–H and O–H groups in total. The molecule has 1 heterocycles. The number of benzene rings is 1. The predicted molar refractivity (Wildman–Crippen MR) is 91.8 cm³/mol. The highest BCUT2D eigenvalue weighted by Gasteiger charge is 2.11. The highest BCUT2D eigenvalue weighted by Crippen LogP contribution is 2.18. The Morgan fingerprint density at radius 2 is 1.78 bits per heavy atom. The van der Waals surface area contributed by atoms with Crippen LogP contribution in [0, 0.1) is 12.8 Å². The summed E-state index contributed by atoms with van der Waals surface area (Å²) in [5.74, 6) is -0.0379. The third kappa shape index (κ3) is 4.53. The van der Waals surface area contributed by atoms with E-state index in [0.29, 0.717) is 22.1 Å². The Morgan fingerprint density at radius 3 is 2.35 bits per heavy atom. The molecule has 0 saturated carbocycles. The smallest absolute Gasteiger partial charge is 0.256 e. The Bertz CT molecular complexity index is 727. The molecular weight excluding hydrogens is 314 g/mol. The minimum Gasteiger partial charge on any atom is -0.324 e. The lowest BCUT2D eigenvalue weighted by atomic mass is 10.2. The van der Waals surface area contributed by atoms with Crippen LogP contribution in [0.4, 0.5) is 11.5 Å². The molecule has 0 aliphatic heterocycles. The van der Waals surface area contributed by atoms with E-state index >= 15 is 0 Å². The predicted octanol–water partition coefficient (Wildman–Crippen LogP) is 3.89. The van der Waals surface area contributed by atoms with Crippen LogP contribution in [0.15, 0.2) is 36.5 Å². The van der Waals surface area contributed by atoms with Gasteiger partial charge in [-0.2, -0.15) is 0 Å². The van der Waals surface area contributed by atoms with Crippen molar-refractivity contribution in [2.45, 2.75) is 20.8 Å². The summed E-state index contributed by atoms with van der Waals surface area (Å²) in [5, 5.41) is 6.09. The number of hydrogen-bond acceptors (Lipinski definition) is 3. The molecular formula is C17H18ClN3O2. The molecule has 5 nitrogen and oxygen atoms in total. The molecule has 0 bridgehead atoms. The van der Waals surface area contributed by atoms with Gasteiger partial charge in [-0.05, 0) is 42.8 Å². The van der Waals surface area contributed by atoms with Crippen molar-refractivity contribution in [1.82, 2.24) is 4.98 Å². The topological polar surface area (TPSA) is 71.1 Å². The van der Waals surface area contributed by atoms with Gasteiger partial charge in [0.05, 0.1) is 11.9 Å². The summed E-state index contributed by atoms with van der Waals surface area (Å²) in [7, 11) is 0. The maximum atomic E-state index is 12.1. The molecule has 6 heteroatoms. The van der Waals surface area contributed by atoms with Gasteiger partial charge in [-0.15, -0.1) is 0 Å². The van der Waals surface area contributed by atoms with E-state index in [1.54, 1.807) is 30.3 Å². The number of rotatable bonds is 4. The molecule has 0 spiro atoms. The third-order valence-corrected chi connectivity index (χ3v) is 3.49. The van der Waals surface area contributed by atoms with Gasteiger partial charge >= 0.3 is 0 Å². The van der Waals surface area contributed by atoms with Gasteiger partial charge in [0.2, 0.25) is 5.91 Å². The minimum atomic E-state index is -0.271. The molecule has 2 aromatic rings. The van der Waals surface area contributed by atoms with E-state index in [4.69, 9.17) is 11.6 Å². The van der Waals surface area contributed by atoms with Crippen LogP contribution in [-0.2, 0) is 4.79 Å². The van der Waals surface area contributed by atoms with Gasteiger partial charge in [-0.1, -0.05) is 25.4 Å². The fourth-order valence-electron chi connectivity index (χ4n) is 1.82. The van der Waals surface area contributed by atoms with E-state index in [0.717, 1.165) is 5.56 Å². The molecule has 0 aliphatic carbocycles. The monoisotopic (exact) mass is 331 g/mol. The molecule has 0 atom stereocenters. The van der Waals surface area contributed by atoms with Gasteiger partial charge in [-0.3, -0.25) is 9.59 Å². The van der Waals surface area contributed by atoms with Crippen LogP contribution >= 0.6 is 11.6 Å². The molecule has 2 amide bonds. The number of carbonyl (C=O) groups excluding carboxylic acids is 2. The van der Waals surface area contributed by atoms with Crippen LogP contribution in [0.1, 0.15) is 29.8 Å². The van der Waals surface area contributed by atoms with Crippen molar-refractivity contribution in [3.63, 3.8) is 0 Å². The number of amides is 2. The summed E-state index contributed by atoms with van der Waals surface area (Å²) in [6, 6.07) is 8.30. The number of pyridine rings is 1. The van der Waals surface area contributed by atoms with Crippen LogP contribution in [0.3, 0.4) is 0 Å². The van der Waals surface area contributed by atoms with E-state index in [1.165, 1.54) is 6.20 Å². The van der Waals surface area contributed by atoms with Gasteiger partial charge in [0.1, 0.15) is 5.82 Å². The zero-order valence-electron chi connectivity index (χ0n) is 13.2. The summed E-state index contributed by atoms with van der Waals surface area (Å²) < 4.78 is 0. The number of aromatic nitrogens is 1. The zero-order valence-corrected chi connectivity index (χ0v) is 13.9. The second-order valence-corrected chi connectivity index (χ2v) is 5.93. The first-order valence-corrected chi connectivity index (χ1v) is 7.59. The van der Waals surface area contributed by atoms with Crippen LogP contribution in [0.25, 0.3) is 0 Å². The average molecular weight is 332 g/mol. The number of hydrogen-bond donors (Lipinski definition) is 2. The van der Waals surface area contributed by atoms with Gasteiger partial charge in [0.15, 0.2) is 0 Å². The molecule has 0 radical (unpaired) electrons. The average Bonchev–Trinajstić information content (AvgIpc) is 2.50. The Hall–Kier alpha value is -2.40. The lowest BCUT2D eigenvalue weighted by Crippen LogP contribution is -2.19. The van der Waals surface area contributed by atoms with Crippen molar-refractivity contribution >= 4 is 34.9 Å². The molecule has 0 unspecified atom stereocenters. The second kappa shape index (κ2) is 7.24. The normalized spacial score (nSPS) is 10.5. The fraction of sp³-hybridized carbons (Fsp3) is 0.235. The lowest BCUT2D eigenvalue weighted by Gasteiger charge is -2.11. The third-order valence-electron chi connectivity index (χ3n) is 3.24. The van der Waals surface area contributed by atoms with Crippen molar-refractivity contribution in [2.24, 2.45) is 5.92 Å². The molecule has 0 saturated heterocycles. The number of nitrogens with one attached hydrogen (secondary N) is 2. The van der Waals surface area contributed by atoms with E-state index in [9.17, 15) is 9.59 Å². The number of aryl methyl sites for hydroxylation is 1. The summed E-state index contributed by atoms with van der Waals surface area (Å²) >= 11 is 5.80. The number of anilines is 2. The number of nitrogens with zero attached hydrogens (tertiary/aromatic N) is 1. The SMILES string of the molecule is Cc1cc(NC(=O)c2ccc(Cl)cc2)ncc1NC(=O)C(C)C. The summed E-state index contributed by atoms with van der Waals surface area (Å²) in [5.41, 5.74) is 1.94. The fourth-order valence-corrected chi connectivity index (χ4v) is 1.95. The standard InChI is InChI=1S/C17H18ClN3O2/c1-10(2)16(22)20-14-9-19-15(8-11(14)3)21-17(23)12-4-6-13(18)7-5-12/h4-10H,1-3H3,(H,20,22)(H,19,21,23). The summed E-state index contributed by atoms with van der Waals surface area (Å²) in [4.78, 5) is 28.0. The van der Waals surface area contributed by atoms with Crippen LogP contribution in [0.2, 0.25) is 5.02 Å². The molecule has 0 fully saturated rings. The largest absolute Gasteiger partial charge is 0.324 e. The van der Waals surface area contributed by atoms with Gasteiger partial charge in [-0.25, -0.2) is 4.98 Å². The molecule has 1 aromatic heterocycles. The first-order valence-electron chi connectivity index (χ1n) is 7.21. The highest BCUT2D eigenvalue weighted by molar-refractivity contribution is 6.30. The van der Waals surface area contributed by atoms with Crippen molar-refractivity contribution < 1.29 is 9.59 Å². The van der Waals surface area contributed by atoms with Gasteiger partial charge in [0.25, 0.3) is 5.91 Å². The molecule has 23 heavy (non-hydrogen) atoms. The van der Waals surface area contributed by atoms with E-state index < -0.39 is 0 Å². The van der Waals surface area contributed by atoms with Crippen molar-refractivity contribution in [2.75, 3.05) is 10.6 Å². The van der Waals surface area contributed by atoms with Gasteiger partial charge in [0, 0.05) is 16.5 Å². The Labute approximate surface area is 140 Å².